The van der Waals surface area contributed by atoms with E-state index in [4.69, 9.17) is 5.11 Å². The van der Waals surface area contributed by atoms with Gasteiger partial charge in [0, 0.05) is 24.6 Å². The molecule has 3 aliphatic rings. The number of rotatable bonds is 5. The molecule has 0 spiro atoms. The number of amides is 2. The number of aliphatic carboxylic acids is 1. The van der Waals surface area contributed by atoms with Crippen molar-refractivity contribution >= 4 is 23.8 Å². The van der Waals surface area contributed by atoms with Crippen LogP contribution in [0, 0.1) is 11.3 Å². The molecule has 2 aliphatic carbocycles. The number of carboxylic acid groups (broad SMARTS) is 1. The highest BCUT2D eigenvalue weighted by atomic mass is 32.2. The van der Waals surface area contributed by atoms with Crippen molar-refractivity contribution in [3.05, 3.63) is 0 Å². The van der Waals surface area contributed by atoms with Gasteiger partial charge in [0.1, 0.15) is 0 Å². The number of hydrogen-bond donors (Lipinski definition) is 2. The van der Waals surface area contributed by atoms with Gasteiger partial charge >= 0.3 is 12.0 Å². The van der Waals surface area contributed by atoms with Gasteiger partial charge in [-0.05, 0) is 37.0 Å². The third-order valence-corrected chi connectivity index (χ3v) is 5.92. The Labute approximate surface area is 123 Å². The molecule has 1 aliphatic heterocycles. The maximum atomic E-state index is 12.3. The fourth-order valence-corrected chi connectivity index (χ4v) is 4.29. The van der Waals surface area contributed by atoms with E-state index in [-0.39, 0.29) is 18.5 Å². The van der Waals surface area contributed by atoms with Crippen molar-refractivity contribution in [3.8, 4) is 0 Å². The van der Waals surface area contributed by atoms with Crippen LogP contribution in [0.25, 0.3) is 0 Å². The lowest BCUT2D eigenvalue weighted by Crippen LogP contribution is -2.52. The van der Waals surface area contributed by atoms with Crippen molar-refractivity contribution in [1.82, 2.24) is 10.2 Å². The highest BCUT2D eigenvalue weighted by molar-refractivity contribution is 7.99. The van der Waals surface area contributed by atoms with E-state index >= 15 is 0 Å². The van der Waals surface area contributed by atoms with Crippen molar-refractivity contribution in [1.29, 1.82) is 0 Å². The minimum absolute atomic E-state index is 0.0498. The van der Waals surface area contributed by atoms with E-state index in [2.05, 4.69) is 5.32 Å². The Kier molecular flexibility index (Phi) is 3.84. The topological polar surface area (TPSA) is 69.6 Å². The van der Waals surface area contributed by atoms with Crippen molar-refractivity contribution in [2.45, 2.75) is 38.1 Å². The highest BCUT2D eigenvalue weighted by Crippen LogP contribution is 2.60. The van der Waals surface area contributed by atoms with Gasteiger partial charge in [-0.1, -0.05) is 0 Å². The summed E-state index contributed by atoms with van der Waals surface area (Å²) in [5.41, 5.74) is 0.391. The van der Waals surface area contributed by atoms with Crippen LogP contribution in [0.15, 0.2) is 0 Å². The van der Waals surface area contributed by atoms with Crippen LogP contribution in [-0.4, -0.2) is 52.6 Å². The van der Waals surface area contributed by atoms with Gasteiger partial charge < -0.3 is 15.3 Å². The van der Waals surface area contributed by atoms with Crippen LogP contribution in [0.5, 0.6) is 0 Å². The molecule has 0 bridgehead atoms. The predicted molar refractivity (Wildman–Crippen MR) is 77.9 cm³/mol. The van der Waals surface area contributed by atoms with Crippen molar-refractivity contribution in [3.63, 3.8) is 0 Å². The molecular formula is C14H22N2O3S. The molecule has 1 heterocycles. The lowest BCUT2D eigenvalue weighted by molar-refractivity contribution is -0.138. The number of nitrogens with one attached hydrogen (secondary N) is 1. The van der Waals surface area contributed by atoms with Gasteiger partial charge in [0.05, 0.1) is 12.5 Å². The van der Waals surface area contributed by atoms with Crippen LogP contribution in [-0.2, 0) is 4.79 Å². The third-order valence-electron chi connectivity index (χ3n) is 4.83. The number of carbonyl (C=O) groups excluding carboxylic acids is 1. The van der Waals surface area contributed by atoms with Crippen molar-refractivity contribution in [2.24, 2.45) is 11.3 Å². The van der Waals surface area contributed by atoms with E-state index in [1.165, 1.54) is 25.7 Å². The van der Waals surface area contributed by atoms with E-state index in [0.717, 1.165) is 24.0 Å². The molecule has 0 aromatic rings. The summed E-state index contributed by atoms with van der Waals surface area (Å²) >= 11 is 1.73. The largest absolute Gasteiger partial charge is 0.481 e. The summed E-state index contributed by atoms with van der Waals surface area (Å²) in [5, 5.41) is 12.0. The number of carboxylic acids is 1. The smallest absolute Gasteiger partial charge is 0.317 e. The Bertz CT molecular complexity index is 407. The zero-order valence-electron chi connectivity index (χ0n) is 11.6. The second-order valence-corrected chi connectivity index (χ2v) is 7.47. The quantitative estimate of drug-likeness (QED) is 0.812. The van der Waals surface area contributed by atoms with Crippen LogP contribution in [0.4, 0.5) is 4.79 Å². The van der Waals surface area contributed by atoms with Crippen LogP contribution in [0.3, 0.4) is 0 Å². The van der Waals surface area contributed by atoms with Crippen molar-refractivity contribution in [2.75, 3.05) is 24.6 Å². The van der Waals surface area contributed by atoms with Crippen molar-refractivity contribution < 1.29 is 14.7 Å². The summed E-state index contributed by atoms with van der Waals surface area (Å²) in [5.74, 6) is 1.63. The second kappa shape index (κ2) is 5.47. The first-order chi connectivity index (χ1) is 9.61. The maximum Gasteiger partial charge on any atom is 0.317 e. The van der Waals surface area contributed by atoms with Gasteiger partial charge in [-0.15, -0.1) is 0 Å². The van der Waals surface area contributed by atoms with E-state index in [1.807, 2.05) is 0 Å². The number of nitrogens with zero attached hydrogens (tertiary/aromatic N) is 1. The Morgan fingerprint density at radius 2 is 2.10 bits per heavy atom. The molecule has 5 nitrogen and oxygen atoms in total. The third kappa shape index (κ3) is 3.05. The standard InChI is InChI=1S/C14H22N2O3S/c17-12(18)7-11-8-20-6-5-16(11)13(19)15-9-14(3-4-14)10-1-2-10/h10-11H,1-9H2,(H,15,19)(H,17,18). The average Bonchev–Trinajstić information content (AvgIpc) is 3.27. The number of thioether (sulfide) groups is 1. The minimum Gasteiger partial charge on any atom is -0.481 e. The number of urea groups is 1. The normalized spacial score (nSPS) is 28.0. The van der Waals surface area contributed by atoms with Crippen LogP contribution in [0.1, 0.15) is 32.1 Å². The Balaban J connectivity index is 1.52. The monoisotopic (exact) mass is 298 g/mol. The Hall–Kier alpha value is -0.910. The van der Waals surface area contributed by atoms with Gasteiger partial charge in [0.15, 0.2) is 0 Å². The van der Waals surface area contributed by atoms with E-state index in [1.54, 1.807) is 16.7 Å². The second-order valence-electron chi connectivity index (χ2n) is 6.32. The molecule has 112 valence electrons. The predicted octanol–water partition coefficient (Wildman–Crippen LogP) is 1.78. The van der Waals surface area contributed by atoms with Crippen LogP contribution < -0.4 is 5.32 Å². The van der Waals surface area contributed by atoms with Crippen LogP contribution in [0.2, 0.25) is 0 Å². The molecule has 2 amide bonds. The van der Waals surface area contributed by atoms with Gasteiger partial charge in [0.2, 0.25) is 0 Å². The molecule has 1 saturated heterocycles. The Morgan fingerprint density at radius 3 is 2.70 bits per heavy atom. The van der Waals surface area contributed by atoms with Gasteiger partial charge in [-0.3, -0.25) is 4.79 Å². The first-order valence-electron chi connectivity index (χ1n) is 7.45. The fourth-order valence-electron chi connectivity index (χ4n) is 3.23. The summed E-state index contributed by atoms with van der Waals surface area (Å²) in [6, 6.07) is -0.231. The molecule has 2 N–H and O–H groups in total. The lowest BCUT2D eigenvalue weighted by atomic mass is 10.0. The zero-order chi connectivity index (χ0) is 14.2. The molecule has 1 unspecified atom stereocenters. The molecule has 20 heavy (non-hydrogen) atoms. The molecule has 2 saturated carbocycles. The van der Waals surface area contributed by atoms with Crippen LogP contribution >= 0.6 is 11.8 Å². The van der Waals surface area contributed by atoms with Gasteiger partial charge in [0.25, 0.3) is 0 Å². The molecule has 3 rings (SSSR count). The maximum absolute atomic E-state index is 12.3. The summed E-state index contributed by atoms with van der Waals surface area (Å²) in [4.78, 5) is 24.9. The van der Waals surface area contributed by atoms with E-state index in [0.29, 0.717) is 12.0 Å². The first kappa shape index (κ1) is 14.0. The average molecular weight is 298 g/mol. The zero-order valence-corrected chi connectivity index (χ0v) is 12.5. The molecule has 6 heteroatoms. The Morgan fingerprint density at radius 1 is 1.35 bits per heavy atom. The summed E-state index contributed by atoms with van der Waals surface area (Å²) in [6.45, 7) is 1.44. The molecule has 1 atom stereocenters. The fraction of sp³-hybridized carbons (Fsp3) is 0.857. The summed E-state index contributed by atoms with van der Waals surface area (Å²) in [7, 11) is 0. The molecular weight excluding hydrogens is 276 g/mol. The number of carbonyl (C=O) groups is 2. The lowest BCUT2D eigenvalue weighted by Gasteiger charge is -2.35. The highest BCUT2D eigenvalue weighted by Gasteiger charge is 2.53. The number of hydrogen-bond acceptors (Lipinski definition) is 3. The minimum atomic E-state index is -0.827. The van der Waals surface area contributed by atoms with Gasteiger partial charge in [-0.2, -0.15) is 11.8 Å². The SMILES string of the molecule is O=C(O)CC1CSCCN1C(=O)NCC1(C2CC2)CC1. The molecule has 0 radical (unpaired) electrons. The molecule has 3 fully saturated rings. The molecule has 0 aromatic carbocycles. The van der Waals surface area contributed by atoms with Gasteiger partial charge in [-0.25, -0.2) is 4.79 Å². The molecule has 0 aromatic heterocycles. The first-order valence-corrected chi connectivity index (χ1v) is 8.60. The summed E-state index contributed by atoms with van der Waals surface area (Å²) in [6.07, 6.45) is 5.17. The summed E-state index contributed by atoms with van der Waals surface area (Å²) < 4.78 is 0. The van der Waals surface area contributed by atoms with E-state index < -0.39 is 5.97 Å². The van der Waals surface area contributed by atoms with E-state index in [9.17, 15) is 9.59 Å².